The molecule has 0 aliphatic carbocycles. The summed E-state index contributed by atoms with van der Waals surface area (Å²) in [5, 5.41) is 9.94. The van der Waals surface area contributed by atoms with Crippen LogP contribution >= 0.6 is 0 Å². The summed E-state index contributed by atoms with van der Waals surface area (Å²) >= 11 is 0. The third-order valence-corrected chi connectivity index (χ3v) is 5.26. The van der Waals surface area contributed by atoms with Crippen LogP contribution in [0.15, 0.2) is 72.9 Å². The summed E-state index contributed by atoms with van der Waals surface area (Å²) < 4.78 is 86.0. The standard InChI is InChI=1S/C25H17F6NO3/c26-24(27,28)17-10-18(25(29,30)31)12-20(11-17)35-19-5-3-4-15(8-19)13-32-14-16(9-23(33)34)21-6-1-2-7-22(21)32/h1-8,10-12,14H,9,13H2,(H,33,34). The molecule has 4 rings (SSSR count). The molecule has 0 aliphatic rings. The minimum atomic E-state index is -4.98. The van der Waals surface area contributed by atoms with Crippen LogP contribution < -0.4 is 4.74 Å². The Morgan fingerprint density at radius 1 is 0.829 bits per heavy atom. The number of carboxylic acid groups (broad SMARTS) is 1. The van der Waals surface area contributed by atoms with Gasteiger partial charge in [-0.1, -0.05) is 30.3 Å². The van der Waals surface area contributed by atoms with Crippen LogP contribution in [0.25, 0.3) is 10.9 Å². The fourth-order valence-electron chi connectivity index (χ4n) is 3.78. The van der Waals surface area contributed by atoms with E-state index in [9.17, 15) is 36.2 Å². The number of aliphatic carboxylic acids is 1. The van der Waals surface area contributed by atoms with Crippen molar-refractivity contribution in [3.05, 3.63) is 95.2 Å². The number of benzene rings is 3. The van der Waals surface area contributed by atoms with Crippen LogP contribution in [-0.2, 0) is 30.1 Å². The predicted molar refractivity (Wildman–Crippen MR) is 115 cm³/mol. The van der Waals surface area contributed by atoms with Gasteiger partial charge >= 0.3 is 18.3 Å². The summed E-state index contributed by atoms with van der Waals surface area (Å²) in [6.45, 7) is 0.272. The third-order valence-electron chi connectivity index (χ3n) is 5.26. The highest BCUT2D eigenvalue weighted by atomic mass is 19.4. The summed E-state index contributed by atoms with van der Waals surface area (Å²) in [7, 11) is 0. The van der Waals surface area contributed by atoms with E-state index in [-0.39, 0.29) is 24.8 Å². The smallest absolute Gasteiger partial charge is 0.416 e. The zero-order valence-electron chi connectivity index (χ0n) is 17.8. The van der Waals surface area contributed by atoms with Crippen molar-refractivity contribution in [2.45, 2.75) is 25.3 Å². The first-order valence-electron chi connectivity index (χ1n) is 10.2. The van der Waals surface area contributed by atoms with Gasteiger partial charge in [0.2, 0.25) is 0 Å². The molecule has 10 heteroatoms. The number of hydrogen-bond donors (Lipinski definition) is 1. The number of rotatable bonds is 6. The molecule has 0 saturated heterocycles. The lowest BCUT2D eigenvalue weighted by Gasteiger charge is -2.15. The van der Waals surface area contributed by atoms with Gasteiger partial charge in [-0.15, -0.1) is 0 Å². The molecular weight excluding hydrogens is 476 g/mol. The first-order valence-corrected chi connectivity index (χ1v) is 10.2. The number of carboxylic acids is 1. The maximum absolute atomic E-state index is 13.1. The molecular formula is C25H17F6NO3. The molecule has 0 unspecified atom stereocenters. The topological polar surface area (TPSA) is 51.5 Å². The van der Waals surface area contributed by atoms with Crippen molar-refractivity contribution in [3.63, 3.8) is 0 Å². The lowest BCUT2D eigenvalue weighted by Crippen LogP contribution is -2.11. The molecule has 0 fully saturated rings. The Hall–Kier alpha value is -3.95. The number of carbonyl (C=O) groups is 1. The van der Waals surface area contributed by atoms with Crippen LogP contribution in [0.4, 0.5) is 26.3 Å². The van der Waals surface area contributed by atoms with Gasteiger partial charge in [0.15, 0.2) is 0 Å². The number of halogens is 6. The summed E-state index contributed by atoms with van der Waals surface area (Å²) in [4.78, 5) is 11.2. The molecule has 0 atom stereocenters. The van der Waals surface area contributed by atoms with Gasteiger partial charge in [0.25, 0.3) is 0 Å². The molecule has 4 nitrogen and oxygen atoms in total. The number of nitrogens with zero attached hydrogens (tertiary/aromatic N) is 1. The average molecular weight is 493 g/mol. The largest absolute Gasteiger partial charge is 0.481 e. The predicted octanol–water partition coefficient (Wildman–Crippen LogP) is 7.15. The Labute approximate surface area is 195 Å². The van der Waals surface area contributed by atoms with E-state index in [4.69, 9.17) is 4.74 Å². The molecule has 0 bridgehead atoms. The highest BCUT2D eigenvalue weighted by Gasteiger charge is 2.37. The monoisotopic (exact) mass is 493 g/mol. The maximum atomic E-state index is 13.1. The van der Waals surface area contributed by atoms with Gasteiger partial charge in [-0.2, -0.15) is 26.3 Å². The minimum Gasteiger partial charge on any atom is -0.481 e. The highest BCUT2D eigenvalue weighted by molar-refractivity contribution is 5.87. The summed E-state index contributed by atoms with van der Waals surface area (Å²) in [5.74, 6) is -1.53. The van der Waals surface area contributed by atoms with Crippen LogP contribution in [0, 0.1) is 0 Å². The van der Waals surface area contributed by atoms with Gasteiger partial charge < -0.3 is 14.4 Å². The fourth-order valence-corrected chi connectivity index (χ4v) is 3.78. The average Bonchev–Trinajstić information content (AvgIpc) is 3.09. The Morgan fingerprint density at radius 3 is 2.11 bits per heavy atom. The van der Waals surface area contributed by atoms with Crippen molar-refractivity contribution in [2.75, 3.05) is 0 Å². The highest BCUT2D eigenvalue weighted by Crippen LogP contribution is 2.39. The Balaban J connectivity index is 1.65. The molecule has 4 aromatic rings. The molecule has 182 valence electrons. The number of aromatic nitrogens is 1. The van der Waals surface area contributed by atoms with Gasteiger partial charge in [0.1, 0.15) is 11.5 Å². The summed E-state index contributed by atoms with van der Waals surface area (Å²) in [5.41, 5.74) is -0.897. The van der Waals surface area contributed by atoms with Gasteiger partial charge in [-0.3, -0.25) is 4.79 Å². The SMILES string of the molecule is O=C(O)Cc1cn(Cc2cccc(Oc3cc(C(F)(F)F)cc(C(F)(F)F)c3)c2)c2ccccc12. The van der Waals surface area contributed by atoms with Crippen molar-refractivity contribution >= 4 is 16.9 Å². The Bertz CT molecular complexity index is 1360. The van der Waals surface area contributed by atoms with Crippen molar-refractivity contribution in [3.8, 4) is 11.5 Å². The zero-order valence-corrected chi connectivity index (χ0v) is 17.8. The van der Waals surface area contributed by atoms with Gasteiger partial charge in [0.05, 0.1) is 17.5 Å². The molecule has 0 amide bonds. The number of ether oxygens (including phenoxy) is 1. The number of fused-ring (bicyclic) bond motifs is 1. The molecule has 1 heterocycles. The van der Waals surface area contributed by atoms with Crippen LogP contribution in [0.3, 0.4) is 0 Å². The molecule has 0 saturated carbocycles. The Morgan fingerprint density at radius 2 is 1.49 bits per heavy atom. The van der Waals surface area contributed by atoms with E-state index < -0.39 is 35.2 Å². The minimum absolute atomic E-state index is 0.0369. The van der Waals surface area contributed by atoms with Crippen molar-refractivity contribution in [2.24, 2.45) is 0 Å². The first kappa shape index (κ1) is 24.2. The zero-order chi connectivity index (χ0) is 25.4. The molecule has 1 N–H and O–H groups in total. The van der Waals surface area contributed by atoms with E-state index in [2.05, 4.69) is 0 Å². The van der Waals surface area contributed by atoms with Gasteiger partial charge in [-0.05, 0) is 47.5 Å². The van der Waals surface area contributed by atoms with Crippen LogP contribution in [-0.4, -0.2) is 15.6 Å². The van der Waals surface area contributed by atoms with Crippen molar-refractivity contribution in [1.29, 1.82) is 0 Å². The number of hydrogen-bond acceptors (Lipinski definition) is 2. The Kier molecular flexibility index (Phi) is 6.23. The van der Waals surface area contributed by atoms with E-state index in [1.54, 1.807) is 36.5 Å². The van der Waals surface area contributed by atoms with E-state index in [0.717, 1.165) is 10.9 Å². The fraction of sp³-hybridized carbons (Fsp3) is 0.160. The van der Waals surface area contributed by atoms with E-state index in [0.29, 0.717) is 23.3 Å². The van der Waals surface area contributed by atoms with E-state index >= 15 is 0 Å². The molecule has 0 aliphatic heterocycles. The molecule has 35 heavy (non-hydrogen) atoms. The second-order valence-corrected chi connectivity index (χ2v) is 7.86. The molecule has 1 aromatic heterocycles. The first-order chi connectivity index (χ1) is 16.4. The maximum Gasteiger partial charge on any atom is 0.416 e. The van der Waals surface area contributed by atoms with Crippen LogP contribution in [0.2, 0.25) is 0 Å². The molecule has 0 radical (unpaired) electrons. The van der Waals surface area contributed by atoms with Crippen LogP contribution in [0.1, 0.15) is 22.3 Å². The third kappa shape index (κ3) is 5.59. The lowest BCUT2D eigenvalue weighted by atomic mass is 10.1. The molecule has 0 spiro atoms. The summed E-state index contributed by atoms with van der Waals surface area (Å²) in [6, 6.07) is 14.5. The number of para-hydroxylation sites is 1. The van der Waals surface area contributed by atoms with E-state index in [1.807, 2.05) is 10.6 Å². The second-order valence-electron chi connectivity index (χ2n) is 7.86. The van der Waals surface area contributed by atoms with Gasteiger partial charge in [-0.25, -0.2) is 0 Å². The second kappa shape index (κ2) is 9.01. The lowest BCUT2D eigenvalue weighted by molar-refractivity contribution is -0.143. The normalized spacial score (nSPS) is 12.2. The van der Waals surface area contributed by atoms with Gasteiger partial charge in [0, 0.05) is 23.6 Å². The summed E-state index contributed by atoms with van der Waals surface area (Å²) in [6.07, 6.45) is -8.43. The number of alkyl halides is 6. The van der Waals surface area contributed by atoms with Crippen molar-refractivity contribution < 1.29 is 41.0 Å². The molecule has 3 aromatic carbocycles. The van der Waals surface area contributed by atoms with Crippen molar-refractivity contribution in [1.82, 2.24) is 4.57 Å². The quantitative estimate of drug-likeness (QED) is 0.290. The van der Waals surface area contributed by atoms with E-state index in [1.165, 1.54) is 12.1 Å². The van der Waals surface area contributed by atoms with Crippen LogP contribution in [0.5, 0.6) is 11.5 Å².